The molecular formula is C12H21N5O. The maximum absolute atomic E-state index is 5.53. The number of nitrogens with two attached hydrogens (primary N) is 1. The molecule has 1 saturated heterocycles. The van der Waals surface area contributed by atoms with Crippen LogP contribution >= 0.6 is 0 Å². The van der Waals surface area contributed by atoms with Crippen LogP contribution in [0.3, 0.4) is 0 Å². The molecule has 18 heavy (non-hydrogen) atoms. The normalized spacial score (nSPS) is 16.9. The van der Waals surface area contributed by atoms with Gasteiger partial charge in [-0.2, -0.15) is 0 Å². The molecule has 2 heterocycles. The number of ether oxygens (including phenoxy) is 1. The lowest BCUT2D eigenvalue weighted by Crippen LogP contribution is -2.47. The van der Waals surface area contributed by atoms with Crippen molar-refractivity contribution in [1.82, 2.24) is 14.9 Å². The number of hydrogen-bond acceptors (Lipinski definition) is 6. The molecule has 0 radical (unpaired) electrons. The Hall–Kier alpha value is -1.40. The van der Waals surface area contributed by atoms with Gasteiger partial charge in [0.1, 0.15) is 12.1 Å². The van der Waals surface area contributed by atoms with Gasteiger partial charge in [-0.1, -0.05) is 0 Å². The van der Waals surface area contributed by atoms with E-state index in [9.17, 15) is 0 Å². The second-order valence-corrected chi connectivity index (χ2v) is 4.39. The summed E-state index contributed by atoms with van der Waals surface area (Å²) in [5.74, 6) is 1.56. The van der Waals surface area contributed by atoms with Crippen LogP contribution in [0.4, 0.5) is 5.82 Å². The molecule has 2 rings (SSSR count). The second-order valence-electron chi connectivity index (χ2n) is 4.39. The van der Waals surface area contributed by atoms with Gasteiger partial charge < -0.3 is 15.4 Å². The fraction of sp³-hybridized carbons (Fsp3) is 0.667. The van der Waals surface area contributed by atoms with Crippen LogP contribution in [0.5, 0.6) is 5.88 Å². The van der Waals surface area contributed by atoms with E-state index in [-0.39, 0.29) is 0 Å². The van der Waals surface area contributed by atoms with Crippen molar-refractivity contribution in [3.63, 3.8) is 0 Å². The summed E-state index contributed by atoms with van der Waals surface area (Å²) in [5.41, 5.74) is 5.53. The summed E-state index contributed by atoms with van der Waals surface area (Å²) in [7, 11) is 1.62. The third kappa shape index (κ3) is 3.30. The van der Waals surface area contributed by atoms with Gasteiger partial charge in [-0.05, 0) is 19.5 Å². The Bertz CT molecular complexity index is 365. The van der Waals surface area contributed by atoms with Gasteiger partial charge in [0, 0.05) is 32.2 Å². The Kier molecular flexibility index (Phi) is 4.72. The Labute approximate surface area is 108 Å². The average molecular weight is 251 g/mol. The molecule has 6 heteroatoms. The van der Waals surface area contributed by atoms with Crippen LogP contribution in [-0.2, 0) is 0 Å². The highest BCUT2D eigenvalue weighted by atomic mass is 16.5. The second kappa shape index (κ2) is 6.51. The summed E-state index contributed by atoms with van der Waals surface area (Å²) >= 11 is 0. The van der Waals surface area contributed by atoms with E-state index in [2.05, 4.69) is 19.8 Å². The molecule has 1 aromatic heterocycles. The van der Waals surface area contributed by atoms with Gasteiger partial charge in [0.25, 0.3) is 0 Å². The van der Waals surface area contributed by atoms with Crippen LogP contribution in [0.1, 0.15) is 6.42 Å². The Morgan fingerprint density at radius 1 is 1.28 bits per heavy atom. The quantitative estimate of drug-likeness (QED) is 0.792. The molecule has 0 bridgehead atoms. The van der Waals surface area contributed by atoms with Crippen LogP contribution in [0.15, 0.2) is 12.4 Å². The largest absolute Gasteiger partial charge is 0.481 e. The van der Waals surface area contributed by atoms with Crippen molar-refractivity contribution in [2.45, 2.75) is 6.42 Å². The topological polar surface area (TPSA) is 67.5 Å². The highest BCUT2D eigenvalue weighted by Crippen LogP contribution is 2.17. The van der Waals surface area contributed by atoms with Crippen LogP contribution in [-0.4, -0.2) is 61.2 Å². The molecule has 0 amide bonds. The van der Waals surface area contributed by atoms with Gasteiger partial charge in [0.05, 0.1) is 7.11 Å². The highest BCUT2D eigenvalue weighted by molar-refractivity contribution is 5.41. The van der Waals surface area contributed by atoms with E-state index in [1.54, 1.807) is 13.4 Å². The maximum Gasteiger partial charge on any atom is 0.218 e. The first-order chi connectivity index (χ1) is 8.83. The Morgan fingerprint density at radius 2 is 2.06 bits per heavy atom. The van der Waals surface area contributed by atoms with E-state index >= 15 is 0 Å². The SMILES string of the molecule is COc1cc(N2CCN(CCCN)CC2)ncn1. The lowest BCUT2D eigenvalue weighted by atomic mass is 10.3. The first kappa shape index (κ1) is 13.0. The van der Waals surface area contributed by atoms with E-state index in [0.717, 1.165) is 51.5 Å². The number of rotatable bonds is 5. The number of anilines is 1. The predicted octanol–water partition coefficient (Wildman–Crippen LogP) is -0.0440. The predicted molar refractivity (Wildman–Crippen MR) is 70.9 cm³/mol. The number of methoxy groups -OCH3 is 1. The molecular weight excluding hydrogens is 230 g/mol. The van der Waals surface area contributed by atoms with Gasteiger partial charge in [-0.3, -0.25) is 4.90 Å². The number of nitrogens with zero attached hydrogens (tertiary/aromatic N) is 4. The van der Waals surface area contributed by atoms with E-state index < -0.39 is 0 Å². The molecule has 2 N–H and O–H groups in total. The zero-order valence-corrected chi connectivity index (χ0v) is 10.9. The summed E-state index contributed by atoms with van der Waals surface area (Å²) in [6.07, 6.45) is 2.62. The molecule has 1 aliphatic rings. The summed E-state index contributed by atoms with van der Waals surface area (Å²) in [6.45, 7) is 5.97. The standard InChI is InChI=1S/C12H21N5O/c1-18-12-9-11(14-10-15-12)17-7-5-16(6-8-17)4-2-3-13/h9-10H,2-8,13H2,1H3. The third-order valence-electron chi connectivity index (χ3n) is 3.21. The first-order valence-electron chi connectivity index (χ1n) is 6.37. The zero-order chi connectivity index (χ0) is 12.8. The summed E-state index contributed by atoms with van der Waals surface area (Å²) in [6, 6.07) is 1.88. The Morgan fingerprint density at radius 3 is 2.72 bits per heavy atom. The molecule has 1 fully saturated rings. The molecule has 0 spiro atoms. The van der Waals surface area contributed by atoms with E-state index in [1.165, 1.54) is 0 Å². The van der Waals surface area contributed by atoms with Gasteiger partial charge >= 0.3 is 0 Å². The van der Waals surface area contributed by atoms with Gasteiger partial charge in [-0.15, -0.1) is 0 Å². The average Bonchev–Trinajstić information content (AvgIpc) is 2.46. The Balaban J connectivity index is 1.88. The van der Waals surface area contributed by atoms with E-state index in [0.29, 0.717) is 5.88 Å². The summed E-state index contributed by atoms with van der Waals surface area (Å²) in [4.78, 5) is 13.0. The monoisotopic (exact) mass is 251 g/mol. The fourth-order valence-electron chi connectivity index (χ4n) is 2.13. The summed E-state index contributed by atoms with van der Waals surface area (Å²) < 4.78 is 5.12. The van der Waals surface area contributed by atoms with Crippen LogP contribution < -0.4 is 15.4 Å². The highest BCUT2D eigenvalue weighted by Gasteiger charge is 2.17. The lowest BCUT2D eigenvalue weighted by molar-refractivity contribution is 0.255. The minimum atomic E-state index is 0.616. The first-order valence-corrected chi connectivity index (χ1v) is 6.37. The van der Waals surface area contributed by atoms with Crippen molar-refractivity contribution in [2.75, 3.05) is 51.3 Å². The van der Waals surface area contributed by atoms with Crippen molar-refractivity contribution in [1.29, 1.82) is 0 Å². The molecule has 0 atom stereocenters. The zero-order valence-electron chi connectivity index (χ0n) is 10.9. The molecule has 6 nitrogen and oxygen atoms in total. The van der Waals surface area contributed by atoms with Crippen molar-refractivity contribution in [2.24, 2.45) is 5.73 Å². The number of hydrogen-bond donors (Lipinski definition) is 1. The van der Waals surface area contributed by atoms with Crippen LogP contribution in [0.25, 0.3) is 0 Å². The van der Waals surface area contributed by atoms with Crippen molar-refractivity contribution >= 4 is 5.82 Å². The summed E-state index contributed by atoms with van der Waals surface area (Å²) in [5, 5.41) is 0. The van der Waals surface area contributed by atoms with E-state index in [1.807, 2.05) is 6.07 Å². The number of aromatic nitrogens is 2. The maximum atomic E-state index is 5.53. The van der Waals surface area contributed by atoms with Crippen LogP contribution in [0.2, 0.25) is 0 Å². The van der Waals surface area contributed by atoms with Gasteiger partial charge in [-0.25, -0.2) is 9.97 Å². The van der Waals surface area contributed by atoms with Crippen LogP contribution in [0, 0.1) is 0 Å². The number of piperazine rings is 1. The minimum Gasteiger partial charge on any atom is -0.481 e. The van der Waals surface area contributed by atoms with Crippen molar-refractivity contribution < 1.29 is 4.74 Å². The molecule has 0 unspecified atom stereocenters. The molecule has 0 aromatic carbocycles. The fourth-order valence-corrected chi connectivity index (χ4v) is 2.13. The minimum absolute atomic E-state index is 0.616. The van der Waals surface area contributed by atoms with Gasteiger partial charge in [0.2, 0.25) is 5.88 Å². The van der Waals surface area contributed by atoms with E-state index in [4.69, 9.17) is 10.5 Å². The molecule has 100 valence electrons. The third-order valence-corrected chi connectivity index (χ3v) is 3.21. The lowest BCUT2D eigenvalue weighted by Gasteiger charge is -2.35. The van der Waals surface area contributed by atoms with Crippen molar-refractivity contribution in [3.8, 4) is 5.88 Å². The van der Waals surface area contributed by atoms with Gasteiger partial charge in [0.15, 0.2) is 0 Å². The van der Waals surface area contributed by atoms with Crippen molar-refractivity contribution in [3.05, 3.63) is 12.4 Å². The molecule has 1 aliphatic heterocycles. The smallest absolute Gasteiger partial charge is 0.218 e. The molecule has 1 aromatic rings. The molecule has 0 saturated carbocycles. The molecule has 0 aliphatic carbocycles.